The number of aromatic carboxylic acids is 1. The molecule has 1 aromatic carbocycles. The van der Waals surface area contributed by atoms with Gasteiger partial charge in [0.25, 0.3) is 0 Å². The van der Waals surface area contributed by atoms with Gasteiger partial charge in [-0.15, -0.1) is 0 Å². The number of carboxylic acids is 1. The lowest BCUT2D eigenvalue weighted by atomic mass is 9.72. The van der Waals surface area contributed by atoms with E-state index < -0.39 is 19.0 Å². The van der Waals surface area contributed by atoms with Crippen LogP contribution in [0.25, 0.3) is 0 Å². The van der Waals surface area contributed by atoms with Crippen molar-refractivity contribution in [1.29, 1.82) is 0 Å². The number of aliphatic imine (C=N–C) groups is 1. The van der Waals surface area contributed by atoms with Crippen LogP contribution >= 0.6 is 0 Å². The lowest BCUT2D eigenvalue weighted by molar-refractivity contribution is -0.122. The number of amides is 1. The molecule has 1 aromatic rings. The van der Waals surface area contributed by atoms with Gasteiger partial charge in [0.1, 0.15) is 5.75 Å². The predicted molar refractivity (Wildman–Crippen MR) is 115 cm³/mol. The molecule has 7 N–H and O–H groups in total. The topological polar surface area (TPSA) is 167 Å². The summed E-state index contributed by atoms with van der Waals surface area (Å²) in [5.74, 6) is -1.90. The van der Waals surface area contributed by atoms with Crippen molar-refractivity contribution in [2.45, 2.75) is 12.4 Å². The first-order valence-electron chi connectivity index (χ1n) is 9.94. The number of carbonyl (C=O) groups is 2. The van der Waals surface area contributed by atoms with E-state index in [4.69, 9.17) is 16.1 Å². The van der Waals surface area contributed by atoms with E-state index in [-0.39, 0.29) is 36.1 Å². The number of fused-ring (bicyclic) bond motifs is 1. The smallest absolute Gasteiger partial charge is 0.534 e. The zero-order chi connectivity index (χ0) is 22.5. The quantitative estimate of drug-likeness (QED) is 0.191. The number of guanidine groups is 1. The third-order valence-corrected chi connectivity index (χ3v) is 5.28. The molecule has 0 aliphatic carbocycles. The van der Waals surface area contributed by atoms with Gasteiger partial charge in [0.05, 0.1) is 24.6 Å². The van der Waals surface area contributed by atoms with Crippen molar-refractivity contribution < 1.29 is 24.4 Å². The van der Waals surface area contributed by atoms with Crippen LogP contribution in [0.4, 0.5) is 0 Å². The molecule has 1 fully saturated rings. The Morgan fingerprint density at radius 1 is 1.35 bits per heavy atom. The number of rotatable bonds is 7. The molecule has 1 saturated heterocycles. The van der Waals surface area contributed by atoms with E-state index in [0.717, 1.165) is 12.2 Å². The van der Waals surface area contributed by atoms with Gasteiger partial charge in [-0.3, -0.25) is 14.7 Å². The van der Waals surface area contributed by atoms with Gasteiger partial charge in [-0.25, -0.2) is 4.79 Å². The molecule has 0 spiro atoms. The van der Waals surface area contributed by atoms with Crippen LogP contribution < -0.4 is 21.4 Å². The zero-order valence-electron chi connectivity index (χ0n) is 17.2. The molecule has 1 amide bonds. The van der Waals surface area contributed by atoms with Crippen LogP contribution in [0.2, 0.25) is 0 Å². The second kappa shape index (κ2) is 9.71. The Bertz CT molecular complexity index is 891. The van der Waals surface area contributed by atoms with Crippen molar-refractivity contribution in [1.82, 2.24) is 15.1 Å². The van der Waals surface area contributed by atoms with E-state index in [2.05, 4.69) is 21.8 Å². The van der Waals surface area contributed by atoms with Gasteiger partial charge >= 0.3 is 13.1 Å². The van der Waals surface area contributed by atoms with Gasteiger partial charge in [-0.05, 0) is 18.1 Å². The summed E-state index contributed by atoms with van der Waals surface area (Å²) in [6.45, 7) is 7.32. The molecule has 0 bridgehead atoms. The number of para-hydroxylation sites is 1. The standard InChI is InChI=1S/C19H27BN6O5/c1-12-10-25(6-5-23-19(21)22)7-8-26(12)11-16(27)24-15-9-13-3-2-4-14(18(28)29)17(13)31-20(15)30/h2-4,15,30H,1,5-11H2,(H,24,27)(H,28,29)(H4,21,22,23). The monoisotopic (exact) mass is 430 g/mol. The second-order valence-corrected chi connectivity index (χ2v) is 7.56. The van der Waals surface area contributed by atoms with Gasteiger partial charge < -0.3 is 36.5 Å². The van der Waals surface area contributed by atoms with Crippen molar-refractivity contribution in [2.24, 2.45) is 16.5 Å². The lowest BCUT2D eigenvalue weighted by Crippen LogP contribution is -2.55. The first-order chi connectivity index (χ1) is 14.7. The minimum atomic E-state index is -1.34. The Balaban J connectivity index is 1.52. The predicted octanol–water partition coefficient (Wildman–Crippen LogP) is -1.77. The molecular weight excluding hydrogens is 403 g/mol. The van der Waals surface area contributed by atoms with Crippen molar-refractivity contribution in [3.8, 4) is 5.75 Å². The molecule has 2 aliphatic rings. The minimum absolute atomic E-state index is 0.0182. The van der Waals surface area contributed by atoms with Gasteiger partial charge in [0.15, 0.2) is 5.96 Å². The first-order valence-corrected chi connectivity index (χ1v) is 9.94. The molecule has 12 heteroatoms. The molecule has 11 nitrogen and oxygen atoms in total. The Labute approximate surface area is 180 Å². The van der Waals surface area contributed by atoms with Gasteiger partial charge in [0, 0.05) is 31.9 Å². The highest BCUT2D eigenvalue weighted by Crippen LogP contribution is 2.30. The highest BCUT2D eigenvalue weighted by Gasteiger charge is 2.38. The molecule has 2 heterocycles. The van der Waals surface area contributed by atoms with Crippen molar-refractivity contribution in [2.75, 3.05) is 39.3 Å². The number of benzene rings is 1. The summed E-state index contributed by atoms with van der Waals surface area (Å²) in [4.78, 5) is 31.9. The summed E-state index contributed by atoms with van der Waals surface area (Å²) in [7, 11) is -1.34. The number of nitrogens with two attached hydrogens (primary N) is 2. The molecule has 3 rings (SSSR count). The number of carbonyl (C=O) groups excluding carboxylic acids is 1. The van der Waals surface area contributed by atoms with Crippen LogP contribution in [-0.4, -0.2) is 90.1 Å². The van der Waals surface area contributed by atoms with Crippen LogP contribution in [0.15, 0.2) is 35.5 Å². The molecular formula is C19H27BN6O5. The SMILES string of the molecule is C=C1CN(CCN=C(N)N)CCN1CC(=O)NC1Cc2cccc(C(=O)O)c2OB1O. The van der Waals surface area contributed by atoms with Crippen molar-refractivity contribution in [3.63, 3.8) is 0 Å². The Hall–Kier alpha value is -3.25. The van der Waals surface area contributed by atoms with Gasteiger partial charge in [-0.1, -0.05) is 18.7 Å². The number of carboxylic acid groups (broad SMARTS) is 1. The molecule has 0 aromatic heterocycles. The Morgan fingerprint density at radius 3 is 2.81 bits per heavy atom. The number of nitrogens with one attached hydrogen (secondary N) is 1. The number of hydrogen-bond acceptors (Lipinski definition) is 7. The molecule has 0 saturated carbocycles. The van der Waals surface area contributed by atoms with E-state index in [1.165, 1.54) is 6.07 Å². The van der Waals surface area contributed by atoms with E-state index in [1.54, 1.807) is 12.1 Å². The van der Waals surface area contributed by atoms with E-state index in [1.807, 2.05) is 4.90 Å². The van der Waals surface area contributed by atoms with Crippen LogP contribution in [0.3, 0.4) is 0 Å². The Kier molecular flexibility index (Phi) is 7.03. The number of nitrogens with zero attached hydrogens (tertiary/aromatic N) is 3. The summed E-state index contributed by atoms with van der Waals surface area (Å²) in [5, 5.41) is 22.3. The summed E-state index contributed by atoms with van der Waals surface area (Å²) < 4.78 is 5.41. The lowest BCUT2D eigenvalue weighted by Gasteiger charge is -2.37. The van der Waals surface area contributed by atoms with E-state index in [9.17, 15) is 19.7 Å². The van der Waals surface area contributed by atoms with Crippen molar-refractivity contribution in [3.05, 3.63) is 41.6 Å². The normalized spacial score (nSPS) is 18.7. The fourth-order valence-electron chi connectivity index (χ4n) is 3.70. The molecule has 1 atom stereocenters. The van der Waals surface area contributed by atoms with Gasteiger partial charge in [-0.2, -0.15) is 0 Å². The van der Waals surface area contributed by atoms with E-state index >= 15 is 0 Å². The summed E-state index contributed by atoms with van der Waals surface area (Å²) >= 11 is 0. The van der Waals surface area contributed by atoms with Crippen LogP contribution in [0.5, 0.6) is 5.75 Å². The maximum atomic E-state index is 12.6. The first kappa shape index (κ1) is 22.4. The third-order valence-electron chi connectivity index (χ3n) is 5.28. The van der Waals surface area contributed by atoms with E-state index in [0.29, 0.717) is 31.7 Å². The maximum absolute atomic E-state index is 12.6. The largest absolute Gasteiger partial charge is 0.547 e. The van der Waals surface area contributed by atoms with Crippen LogP contribution in [0.1, 0.15) is 15.9 Å². The Morgan fingerprint density at radius 2 is 2.13 bits per heavy atom. The molecule has 2 aliphatic heterocycles. The third kappa shape index (κ3) is 5.67. The second-order valence-electron chi connectivity index (χ2n) is 7.56. The maximum Gasteiger partial charge on any atom is 0.547 e. The highest BCUT2D eigenvalue weighted by atomic mass is 16.5. The average Bonchev–Trinajstić information content (AvgIpc) is 2.69. The number of hydrogen-bond donors (Lipinski definition) is 5. The molecule has 166 valence electrons. The number of piperazine rings is 1. The highest BCUT2D eigenvalue weighted by molar-refractivity contribution is 6.47. The summed E-state index contributed by atoms with van der Waals surface area (Å²) in [5.41, 5.74) is 12.1. The average molecular weight is 430 g/mol. The fraction of sp³-hybridized carbons (Fsp3) is 0.421. The molecule has 0 radical (unpaired) electrons. The zero-order valence-corrected chi connectivity index (χ0v) is 17.2. The summed E-state index contributed by atoms with van der Waals surface area (Å²) in [6.07, 6.45) is 0.267. The molecule has 31 heavy (non-hydrogen) atoms. The van der Waals surface area contributed by atoms with Crippen LogP contribution in [-0.2, 0) is 11.2 Å². The van der Waals surface area contributed by atoms with Crippen LogP contribution in [0, 0.1) is 0 Å². The summed E-state index contributed by atoms with van der Waals surface area (Å²) in [6, 6.07) is 4.74. The van der Waals surface area contributed by atoms with Crippen molar-refractivity contribution >= 4 is 25.0 Å². The van der Waals surface area contributed by atoms with Gasteiger partial charge in [0.2, 0.25) is 5.91 Å². The fourth-order valence-corrected chi connectivity index (χ4v) is 3.70. The molecule has 1 unspecified atom stereocenters. The minimum Gasteiger partial charge on any atom is -0.534 e.